The summed E-state index contributed by atoms with van der Waals surface area (Å²) in [5.41, 5.74) is 5.30. The lowest BCUT2D eigenvalue weighted by molar-refractivity contribution is 0.313. The zero-order valence-electron chi connectivity index (χ0n) is 18.5. The molecule has 1 saturated heterocycles. The Hall–Kier alpha value is -3.64. The van der Waals surface area contributed by atoms with E-state index in [0.29, 0.717) is 5.95 Å². The summed E-state index contributed by atoms with van der Waals surface area (Å²) in [7, 11) is 3.85. The Bertz CT molecular complexity index is 1220. The molecule has 6 heteroatoms. The second-order valence-corrected chi connectivity index (χ2v) is 8.13. The van der Waals surface area contributed by atoms with E-state index in [4.69, 9.17) is 9.72 Å². The van der Waals surface area contributed by atoms with Gasteiger partial charge in [-0.2, -0.15) is 0 Å². The molecule has 6 nitrogen and oxygen atoms in total. The molecular weight excluding hydrogens is 398 g/mol. The molecule has 0 bridgehead atoms. The molecule has 1 aliphatic rings. The van der Waals surface area contributed by atoms with E-state index in [1.165, 1.54) is 5.69 Å². The average Bonchev–Trinajstić information content (AvgIpc) is 2.84. The van der Waals surface area contributed by atoms with Crippen molar-refractivity contribution in [3.8, 4) is 16.9 Å². The highest BCUT2D eigenvalue weighted by Crippen LogP contribution is 2.30. The van der Waals surface area contributed by atoms with Gasteiger partial charge in [0.05, 0.1) is 12.6 Å². The van der Waals surface area contributed by atoms with Gasteiger partial charge in [0.1, 0.15) is 5.75 Å². The number of piperazine rings is 1. The van der Waals surface area contributed by atoms with Crippen molar-refractivity contribution in [2.24, 2.45) is 0 Å². The van der Waals surface area contributed by atoms with Gasteiger partial charge in [-0.05, 0) is 42.9 Å². The number of hydrogen-bond donors (Lipinski definition) is 1. The first-order valence-corrected chi connectivity index (χ1v) is 10.9. The van der Waals surface area contributed by atoms with Crippen molar-refractivity contribution in [2.75, 3.05) is 50.6 Å². The quantitative estimate of drug-likeness (QED) is 0.496. The van der Waals surface area contributed by atoms with Gasteiger partial charge >= 0.3 is 0 Å². The van der Waals surface area contributed by atoms with Gasteiger partial charge in [-0.1, -0.05) is 36.4 Å². The number of anilines is 3. The van der Waals surface area contributed by atoms with Gasteiger partial charge in [0.25, 0.3) is 0 Å². The van der Waals surface area contributed by atoms with Gasteiger partial charge in [-0.25, -0.2) is 9.97 Å². The van der Waals surface area contributed by atoms with E-state index in [0.717, 1.165) is 59.6 Å². The van der Waals surface area contributed by atoms with Crippen LogP contribution in [0, 0.1) is 0 Å². The van der Waals surface area contributed by atoms with E-state index in [-0.39, 0.29) is 0 Å². The SMILES string of the molecule is COc1ccc(-c2cccc3cnc(Nc4cccc(N5CCN(C)CC5)c4)nc23)cc1. The molecule has 3 aromatic carbocycles. The number of para-hydroxylation sites is 1. The first-order valence-electron chi connectivity index (χ1n) is 10.9. The molecule has 1 aliphatic heterocycles. The molecule has 0 amide bonds. The van der Waals surface area contributed by atoms with Crippen molar-refractivity contribution in [3.63, 3.8) is 0 Å². The fraction of sp³-hybridized carbons (Fsp3) is 0.231. The Morgan fingerprint density at radius 2 is 1.69 bits per heavy atom. The Morgan fingerprint density at radius 3 is 2.47 bits per heavy atom. The monoisotopic (exact) mass is 425 g/mol. The number of aromatic nitrogens is 2. The summed E-state index contributed by atoms with van der Waals surface area (Å²) in [4.78, 5) is 14.2. The second-order valence-electron chi connectivity index (χ2n) is 8.13. The number of rotatable bonds is 5. The van der Waals surface area contributed by atoms with Crippen LogP contribution in [-0.2, 0) is 0 Å². The summed E-state index contributed by atoms with van der Waals surface area (Å²) >= 11 is 0. The van der Waals surface area contributed by atoms with E-state index >= 15 is 0 Å². The number of likely N-dealkylation sites (N-methyl/N-ethyl adjacent to an activating group) is 1. The second kappa shape index (κ2) is 8.85. The Labute approximate surface area is 188 Å². The van der Waals surface area contributed by atoms with Gasteiger partial charge in [-0.3, -0.25) is 0 Å². The van der Waals surface area contributed by atoms with Gasteiger partial charge in [0, 0.05) is 54.7 Å². The molecule has 0 unspecified atom stereocenters. The summed E-state index contributed by atoms with van der Waals surface area (Å²) in [5.74, 6) is 1.43. The molecule has 32 heavy (non-hydrogen) atoms. The van der Waals surface area contributed by atoms with Crippen LogP contribution in [0.15, 0.2) is 72.9 Å². The van der Waals surface area contributed by atoms with Crippen LogP contribution in [0.3, 0.4) is 0 Å². The van der Waals surface area contributed by atoms with Crippen LogP contribution in [0.1, 0.15) is 0 Å². The Balaban J connectivity index is 1.43. The first-order chi connectivity index (χ1) is 15.7. The van der Waals surface area contributed by atoms with Crippen LogP contribution in [0.5, 0.6) is 5.75 Å². The molecule has 4 aromatic rings. The number of benzene rings is 3. The summed E-state index contributed by atoms with van der Waals surface area (Å²) in [5, 5.41) is 4.41. The zero-order valence-corrected chi connectivity index (χ0v) is 18.5. The van der Waals surface area contributed by atoms with Crippen molar-refractivity contribution in [2.45, 2.75) is 0 Å². The summed E-state index contributed by atoms with van der Waals surface area (Å²) in [6.07, 6.45) is 1.88. The smallest absolute Gasteiger partial charge is 0.227 e. The molecule has 0 atom stereocenters. The largest absolute Gasteiger partial charge is 0.497 e. The summed E-state index contributed by atoms with van der Waals surface area (Å²) in [6, 6.07) is 22.7. The number of fused-ring (bicyclic) bond motifs is 1. The maximum Gasteiger partial charge on any atom is 0.227 e. The maximum atomic E-state index is 5.30. The van der Waals surface area contributed by atoms with Crippen molar-refractivity contribution >= 4 is 28.2 Å². The molecule has 1 N–H and O–H groups in total. The number of hydrogen-bond acceptors (Lipinski definition) is 6. The standard InChI is InChI=1S/C26H27N5O/c1-30-13-15-31(16-14-30)22-7-4-6-21(17-22)28-26-27-18-20-5-3-8-24(25(20)29-26)19-9-11-23(32-2)12-10-19/h3-12,17-18H,13-16H2,1-2H3,(H,27,28,29). The van der Waals surface area contributed by atoms with E-state index < -0.39 is 0 Å². The fourth-order valence-corrected chi connectivity index (χ4v) is 4.09. The number of methoxy groups -OCH3 is 1. The molecular formula is C26H27N5O. The van der Waals surface area contributed by atoms with Crippen LogP contribution in [-0.4, -0.2) is 55.2 Å². The van der Waals surface area contributed by atoms with Crippen LogP contribution < -0.4 is 15.0 Å². The number of nitrogens with one attached hydrogen (secondary N) is 1. The Morgan fingerprint density at radius 1 is 0.906 bits per heavy atom. The molecule has 1 fully saturated rings. The lowest BCUT2D eigenvalue weighted by Crippen LogP contribution is -2.44. The van der Waals surface area contributed by atoms with Crippen molar-refractivity contribution in [1.82, 2.24) is 14.9 Å². The lowest BCUT2D eigenvalue weighted by atomic mass is 10.0. The molecule has 0 spiro atoms. The molecule has 2 heterocycles. The van der Waals surface area contributed by atoms with E-state index in [2.05, 4.69) is 69.6 Å². The zero-order chi connectivity index (χ0) is 21.9. The van der Waals surface area contributed by atoms with Crippen LogP contribution in [0.25, 0.3) is 22.0 Å². The van der Waals surface area contributed by atoms with Crippen molar-refractivity contribution < 1.29 is 4.74 Å². The van der Waals surface area contributed by atoms with Gasteiger partial charge in [-0.15, -0.1) is 0 Å². The molecule has 0 radical (unpaired) electrons. The van der Waals surface area contributed by atoms with Crippen LogP contribution in [0.2, 0.25) is 0 Å². The molecule has 162 valence electrons. The van der Waals surface area contributed by atoms with Crippen LogP contribution >= 0.6 is 0 Å². The van der Waals surface area contributed by atoms with E-state index in [1.54, 1.807) is 7.11 Å². The lowest BCUT2D eigenvalue weighted by Gasteiger charge is -2.34. The average molecular weight is 426 g/mol. The summed E-state index contributed by atoms with van der Waals surface area (Å²) < 4.78 is 5.30. The molecule has 1 aromatic heterocycles. The topological polar surface area (TPSA) is 53.5 Å². The number of ether oxygens (including phenoxy) is 1. The highest BCUT2D eigenvalue weighted by atomic mass is 16.5. The highest BCUT2D eigenvalue weighted by Gasteiger charge is 2.15. The minimum absolute atomic E-state index is 0.592. The first kappa shape index (κ1) is 20.3. The van der Waals surface area contributed by atoms with E-state index in [9.17, 15) is 0 Å². The Kier molecular flexibility index (Phi) is 5.60. The minimum atomic E-state index is 0.592. The van der Waals surface area contributed by atoms with Crippen molar-refractivity contribution in [1.29, 1.82) is 0 Å². The minimum Gasteiger partial charge on any atom is -0.497 e. The molecule has 0 aliphatic carbocycles. The fourth-order valence-electron chi connectivity index (χ4n) is 4.09. The maximum absolute atomic E-state index is 5.30. The third-order valence-corrected chi connectivity index (χ3v) is 5.98. The third-order valence-electron chi connectivity index (χ3n) is 5.98. The highest BCUT2D eigenvalue weighted by molar-refractivity contribution is 5.94. The normalized spacial score (nSPS) is 14.5. The predicted octanol–water partition coefficient (Wildman–Crippen LogP) is 4.80. The van der Waals surface area contributed by atoms with Gasteiger partial charge in [0.15, 0.2) is 0 Å². The van der Waals surface area contributed by atoms with Crippen molar-refractivity contribution in [3.05, 3.63) is 72.9 Å². The molecule has 5 rings (SSSR count). The van der Waals surface area contributed by atoms with Crippen LogP contribution in [0.4, 0.5) is 17.3 Å². The van der Waals surface area contributed by atoms with E-state index in [1.807, 2.05) is 30.5 Å². The van der Waals surface area contributed by atoms with Gasteiger partial charge in [0.2, 0.25) is 5.95 Å². The predicted molar refractivity (Wildman–Crippen MR) is 131 cm³/mol. The van der Waals surface area contributed by atoms with Gasteiger partial charge < -0.3 is 19.9 Å². The molecule has 0 saturated carbocycles. The summed E-state index contributed by atoms with van der Waals surface area (Å²) in [6.45, 7) is 4.24. The number of nitrogens with zero attached hydrogens (tertiary/aromatic N) is 4. The third kappa shape index (κ3) is 4.22.